The van der Waals surface area contributed by atoms with Gasteiger partial charge < -0.3 is 0 Å². The zero-order valence-corrected chi connectivity index (χ0v) is 6.35. The third kappa shape index (κ3) is 2.37. The summed E-state index contributed by atoms with van der Waals surface area (Å²) in [6, 6.07) is 0. The van der Waals surface area contributed by atoms with Crippen LogP contribution in [-0.4, -0.2) is 11.5 Å². The predicted octanol–water partition coefficient (Wildman–Crippen LogP) is 1.07. The SMILES string of the molecule is [O]S(=O)(=O)C(Cl)(Cl)Cl. The Labute approximate surface area is 61.3 Å². The van der Waals surface area contributed by atoms with Gasteiger partial charge >= 0.3 is 13.2 Å². The van der Waals surface area contributed by atoms with Gasteiger partial charge in [-0.2, -0.15) is 8.42 Å². The van der Waals surface area contributed by atoms with Gasteiger partial charge in [-0.1, -0.05) is 39.4 Å². The summed E-state index contributed by atoms with van der Waals surface area (Å²) in [4.78, 5) is 0. The molecule has 0 spiro atoms. The van der Waals surface area contributed by atoms with Crippen LogP contribution in [-0.2, 0) is 14.7 Å². The number of hydrogen-bond donors (Lipinski definition) is 0. The summed E-state index contributed by atoms with van der Waals surface area (Å²) in [5.74, 6) is 0. The van der Waals surface area contributed by atoms with Crippen LogP contribution < -0.4 is 0 Å². The van der Waals surface area contributed by atoms with Gasteiger partial charge in [0, 0.05) is 0 Å². The summed E-state index contributed by atoms with van der Waals surface area (Å²) < 4.78 is 26.4. The first-order valence-electron chi connectivity index (χ1n) is 1.27. The van der Waals surface area contributed by atoms with Crippen LogP contribution in [0.1, 0.15) is 0 Å². The number of alkyl halides is 3. The minimum absolute atomic E-state index is 2.73. The van der Waals surface area contributed by atoms with E-state index in [0.717, 1.165) is 0 Å². The van der Waals surface area contributed by atoms with Crippen molar-refractivity contribution in [1.29, 1.82) is 0 Å². The first-order valence-corrected chi connectivity index (χ1v) is 3.81. The maximum atomic E-state index is 9.70. The van der Waals surface area contributed by atoms with E-state index in [1.54, 1.807) is 0 Å². The molecule has 49 valence electrons. The van der Waals surface area contributed by atoms with E-state index < -0.39 is 13.2 Å². The molecule has 0 atom stereocenters. The van der Waals surface area contributed by atoms with Gasteiger partial charge in [0.05, 0.1) is 0 Å². The lowest BCUT2D eigenvalue weighted by Gasteiger charge is -2.01. The largest absolute Gasteiger partial charge is 0.344 e. The fraction of sp³-hybridized carbons (Fsp3) is 1.00. The maximum absolute atomic E-state index is 9.70. The van der Waals surface area contributed by atoms with Gasteiger partial charge in [-0.3, -0.25) is 0 Å². The standard InChI is InChI=1S/CCl3O3S/c2-1(3,4)8(5,6)7. The van der Waals surface area contributed by atoms with Crippen molar-refractivity contribution in [2.24, 2.45) is 0 Å². The molecule has 0 aromatic carbocycles. The molecule has 0 aliphatic carbocycles. The molecule has 0 bridgehead atoms. The molecule has 3 nitrogen and oxygen atoms in total. The van der Waals surface area contributed by atoms with E-state index in [1.807, 2.05) is 0 Å². The molecule has 0 aromatic rings. The van der Waals surface area contributed by atoms with Crippen molar-refractivity contribution in [3.05, 3.63) is 0 Å². The Bertz CT molecular complexity index is 163. The Hall–Kier alpha value is 0.780. The summed E-state index contributed by atoms with van der Waals surface area (Å²) in [5.41, 5.74) is 0. The summed E-state index contributed by atoms with van der Waals surface area (Å²) in [6.07, 6.45) is 0. The van der Waals surface area contributed by atoms with Gasteiger partial charge in [0.1, 0.15) is 0 Å². The molecule has 0 saturated heterocycles. The third-order valence-electron chi connectivity index (χ3n) is 0.283. The monoisotopic (exact) mass is 197 g/mol. The zero-order valence-electron chi connectivity index (χ0n) is 3.27. The molecule has 1 radical (unpaired) electrons. The van der Waals surface area contributed by atoms with Crippen LogP contribution in [0.3, 0.4) is 0 Å². The molecule has 7 heteroatoms. The average Bonchev–Trinajstić information content (AvgIpc) is 1.25. The topological polar surface area (TPSA) is 54.0 Å². The summed E-state index contributed by atoms with van der Waals surface area (Å²) >= 11 is 13.9. The second-order valence-corrected chi connectivity index (χ2v) is 5.37. The Balaban J connectivity index is 4.53. The lowest BCUT2D eigenvalue weighted by atomic mass is 11.8. The van der Waals surface area contributed by atoms with Crippen LogP contribution in [0.2, 0.25) is 0 Å². The van der Waals surface area contributed by atoms with Crippen molar-refractivity contribution < 1.29 is 13.0 Å². The molecule has 0 heterocycles. The Morgan fingerprint density at radius 1 is 1.12 bits per heavy atom. The van der Waals surface area contributed by atoms with Crippen molar-refractivity contribution >= 4 is 44.9 Å². The van der Waals surface area contributed by atoms with E-state index in [1.165, 1.54) is 0 Å². The van der Waals surface area contributed by atoms with Gasteiger partial charge in [-0.25, -0.2) is 0 Å². The molecule has 0 unspecified atom stereocenters. The molecule has 0 aliphatic heterocycles. The number of halogens is 3. The van der Waals surface area contributed by atoms with Crippen molar-refractivity contribution in [3.8, 4) is 0 Å². The van der Waals surface area contributed by atoms with Crippen molar-refractivity contribution in [2.45, 2.75) is 3.12 Å². The quantitative estimate of drug-likeness (QED) is 0.547. The molecular weight excluding hydrogens is 198 g/mol. The van der Waals surface area contributed by atoms with Crippen molar-refractivity contribution in [1.82, 2.24) is 0 Å². The second-order valence-electron chi connectivity index (χ2n) is 0.900. The van der Waals surface area contributed by atoms with E-state index in [2.05, 4.69) is 34.8 Å². The summed E-state index contributed by atoms with van der Waals surface area (Å²) in [5, 5.41) is 0. The Kier molecular flexibility index (Phi) is 2.40. The van der Waals surface area contributed by atoms with E-state index >= 15 is 0 Å². The molecule has 8 heavy (non-hydrogen) atoms. The molecule has 0 saturated carbocycles. The fourth-order valence-corrected chi connectivity index (χ4v) is 0. The first-order chi connectivity index (χ1) is 3.25. The van der Waals surface area contributed by atoms with Crippen LogP contribution in [0.15, 0.2) is 0 Å². The van der Waals surface area contributed by atoms with Crippen LogP contribution >= 0.6 is 34.8 Å². The average molecular weight is 198 g/mol. The highest BCUT2D eigenvalue weighted by Crippen LogP contribution is 2.31. The fourth-order valence-electron chi connectivity index (χ4n) is 0. The smallest absolute Gasteiger partial charge is 0.192 e. The minimum Gasteiger partial charge on any atom is -0.192 e. The van der Waals surface area contributed by atoms with Crippen LogP contribution in [0.4, 0.5) is 0 Å². The summed E-state index contributed by atoms with van der Waals surface area (Å²) in [6.45, 7) is 0. The van der Waals surface area contributed by atoms with Crippen LogP contribution in [0.25, 0.3) is 0 Å². The predicted molar refractivity (Wildman–Crippen MR) is 29.9 cm³/mol. The molecule has 0 amide bonds. The number of hydrogen-bond acceptors (Lipinski definition) is 2. The Morgan fingerprint density at radius 2 is 1.25 bits per heavy atom. The molecule has 0 fully saturated rings. The third-order valence-corrected chi connectivity index (χ3v) is 2.55. The van der Waals surface area contributed by atoms with Crippen molar-refractivity contribution in [2.75, 3.05) is 0 Å². The lowest BCUT2D eigenvalue weighted by molar-refractivity contribution is 0.414. The molecular formula is CCl3O3S. The highest BCUT2D eigenvalue weighted by Gasteiger charge is 2.37. The zero-order chi connectivity index (χ0) is 7.00. The second kappa shape index (κ2) is 2.19. The van der Waals surface area contributed by atoms with Gasteiger partial charge in [0.25, 0.3) is 0 Å². The number of rotatable bonds is 0. The lowest BCUT2D eigenvalue weighted by Crippen LogP contribution is -2.16. The van der Waals surface area contributed by atoms with E-state index in [-0.39, 0.29) is 0 Å². The van der Waals surface area contributed by atoms with Gasteiger partial charge in [-0.05, 0) is 0 Å². The van der Waals surface area contributed by atoms with Gasteiger partial charge in [-0.15, -0.1) is 0 Å². The Morgan fingerprint density at radius 3 is 1.25 bits per heavy atom. The van der Waals surface area contributed by atoms with E-state index in [9.17, 15) is 13.0 Å². The highest BCUT2D eigenvalue weighted by molar-refractivity contribution is 7.91. The maximum Gasteiger partial charge on any atom is 0.344 e. The normalized spacial score (nSPS) is 14.0. The van der Waals surface area contributed by atoms with Gasteiger partial charge in [0.2, 0.25) is 0 Å². The minimum atomic E-state index is -4.79. The van der Waals surface area contributed by atoms with Crippen LogP contribution in [0, 0.1) is 0 Å². The highest BCUT2D eigenvalue weighted by atomic mass is 35.6. The van der Waals surface area contributed by atoms with Gasteiger partial charge in [0.15, 0.2) is 0 Å². The van der Waals surface area contributed by atoms with Crippen LogP contribution in [0.5, 0.6) is 0 Å². The molecule has 0 N–H and O–H groups in total. The molecule has 0 aromatic heterocycles. The van der Waals surface area contributed by atoms with E-state index in [4.69, 9.17) is 0 Å². The summed E-state index contributed by atoms with van der Waals surface area (Å²) in [7, 11) is -4.79. The van der Waals surface area contributed by atoms with E-state index in [0.29, 0.717) is 0 Å². The van der Waals surface area contributed by atoms with Crippen molar-refractivity contribution in [3.63, 3.8) is 0 Å². The first kappa shape index (κ1) is 8.78. The molecule has 0 aliphatic rings. The molecule has 0 rings (SSSR count).